The fourth-order valence-electron chi connectivity index (χ4n) is 5.12. The number of nitrogens with zero attached hydrogens (tertiary/aromatic N) is 5. The molecule has 0 spiro atoms. The van der Waals surface area contributed by atoms with E-state index >= 15 is 0 Å². The number of benzene rings is 3. The second-order valence-corrected chi connectivity index (χ2v) is 10.6. The largest absolute Gasteiger partial charge is 0.317 e. The number of carbonyl (C=O) groups is 1. The molecule has 6 rings (SSSR count). The van der Waals surface area contributed by atoms with Crippen LogP contribution in [-0.4, -0.2) is 26.4 Å². The number of non-ortho nitro benzene ring substituents is 1. The summed E-state index contributed by atoms with van der Waals surface area (Å²) in [6.07, 6.45) is 0. The number of fused-ring (bicyclic) bond motifs is 4. The van der Waals surface area contributed by atoms with Crippen LogP contribution in [0.4, 0.5) is 22.9 Å². The molecule has 38 heavy (non-hydrogen) atoms. The summed E-state index contributed by atoms with van der Waals surface area (Å²) in [6.45, 7) is 8.45. The molecule has 1 N–H and O–H groups in total. The van der Waals surface area contributed by atoms with Crippen LogP contribution in [0, 0.1) is 17.0 Å². The summed E-state index contributed by atoms with van der Waals surface area (Å²) in [5.41, 5.74) is 6.02. The smallest absolute Gasteiger partial charge is 0.291 e. The van der Waals surface area contributed by atoms with Crippen molar-refractivity contribution in [1.29, 1.82) is 0 Å². The molecule has 0 unspecified atom stereocenters. The van der Waals surface area contributed by atoms with E-state index in [0.29, 0.717) is 11.5 Å². The number of anilines is 2. The predicted octanol–water partition coefficient (Wildman–Crippen LogP) is 5.98. The summed E-state index contributed by atoms with van der Waals surface area (Å²) in [4.78, 5) is 30.9. The Morgan fingerprint density at radius 3 is 2.32 bits per heavy atom. The monoisotopic (exact) mass is 506 g/mol. The highest BCUT2D eigenvalue weighted by molar-refractivity contribution is 6.50. The molecule has 2 aliphatic rings. The predicted molar refractivity (Wildman–Crippen MR) is 147 cm³/mol. The number of hydrogen-bond acceptors (Lipinski definition) is 6. The Kier molecular flexibility index (Phi) is 5.20. The first-order chi connectivity index (χ1) is 18.1. The normalized spacial score (nSPS) is 16.2. The Balaban J connectivity index is 1.58. The van der Waals surface area contributed by atoms with E-state index in [4.69, 9.17) is 10.1 Å². The van der Waals surface area contributed by atoms with Crippen LogP contribution in [0.25, 0.3) is 5.69 Å². The van der Waals surface area contributed by atoms with Gasteiger partial charge < -0.3 is 10.2 Å². The number of nitro benzene ring substituents is 1. The number of amidine groups is 1. The van der Waals surface area contributed by atoms with Crippen molar-refractivity contribution in [1.82, 2.24) is 9.78 Å². The summed E-state index contributed by atoms with van der Waals surface area (Å²) >= 11 is 0. The van der Waals surface area contributed by atoms with E-state index in [-0.39, 0.29) is 28.9 Å². The molecule has 1 atom stereocenters. The molecule has 0 bridgehead atoms. The maximum absolute atomic E-state index is 13.3. The van der Waals surface area contributed by atoms with Crippen molar-refractivity contribution in [3.63, 3.8) is 0 Å². The molecule has 0 fully saturated rings. The van der Waals surface area contributed by atoms with Crippen LogP contribution in [0.2, 0.25) is 0 Å². The number of carbonyl (C=O) groups excluding carboxylic acids is 1. The minimum absolute atomic E-state index is 0.00277. The van der Waals surface area contributed by atoms with Crippen molar-refractivity contribution in [2.24, 2.45) is 4.99 Å². The average Bonchev–Trinajstić information content (AvgIpc) is 3.23. The lowest BCUT2D eigenvalue weighted by molar-refractivity contribution is -0.384. The van der Waals surface area contributed by atoms with Crippen LogP contribution in [0.3, 0.4) is 0 Å². The number of aromatic nitrogens is 2. The maximum atomic E-state index is 13.3. The van der Waals surface area contributed by atoms with Crippen LogP contribution in [0.15, 0.2) is 77.8 Å². The van der Waals surface area contributed by atoms with Gasteiger partial charge in [0.15, 0.2) is 5.82 Å². The van der Waals surface area contributed by atoms with Crippen molar-refractivity contribution < 1.29 is 9.72 Å². The summed E-state index contributed by atoms with van der Waals surface area (Å²) in [6, 6.07) is 22.0. The molecule has 4 aromatic rings. The van der Waals surface area contributed by atoms with Gasteiger partial charge in [-0.05, 0) is 47.7 Å². The van der Waals surface area contributed by atoms with Crippen molar-refractivity contribution >= 4 is 34.6 Å². The number of nitrogens with one attached hydrogen (secondary N) is 1. The van der Waals surface area contributed by atoms with E-state index in [1.54, 1.807) is 16.8 Å². The van der Waals surface area contributed by atoms with Gasteiger partial charge in [-0.15, -0.1) is 0 Å². The molecule has 3 aromatic carbocycles. The number of para-hydroxylation sites is 2. The first kappa shape index (κ1) is 23.6. The number of nitro groups is 1. The van der Waals surface area contributed by atoms with Crippen LogP contribution in [0.1, 0.15) is 49.2 Å². The minimum atomic E-state index is -0.438. The second-order valence-electron chi connectivity index (χ2n) is 10.6. The average molecular weight is 507 g/mol. The van der Waals surface area contributed by atoms with E-state index < -0.39 is 4.92 Å². The lowest BCUT2D eigenvalue weighted by Crippen LogP contribution is -2.48. The van der Waals surface area contributed by atoms with Crippen molar-refractivity contribution in [2.75, 3.05) is 10.2 Å². The Morgan fingerprint density at radius 1 is 0.974 bits per heavy atom. The molecular formula is C29H26N6O3. The van der Waals surface area contributed by atoms with Gasteiger partial charge in [0.25, 0.3) is 11.6 Å². The quantitative estimate of drug-likeness (QED) is 0.272. The van der Waals surface area contributed by atoms with Gasteiger partial charge >= 0.3 is 0 Å². The van der Waals surface area contributed by atoms with E-state index in [1.165, 1.54) is 17.7 Å². The third-order valence-corrected chi connectivity index (χ3v) is 7.07. The third-order valence-electron chi connectivity index (χ3n) is 7.07. The van der Waals surface area contributed by atoms with Crippen LogP contribution in [-0.2, 0) is 10.2 Å². The molecule has 1 amide bonds. The van der Waals surface area contributed by atoms with Gasteiger partial charge in [-0.2, -0.15) is 5.10 Å². The number of rotatable bonds is 3. The molecule has 3 heterocycles. The highest BCUT2D eigenvalue weighted by Crippen LogP contribution is 2.47. The van der Waals surface area contributed by atoms with E-state index in [1.807, 2.05) is 36.1 Å². The summed E-state index contributed by atoms with van der Waals surface area (Å²) in [7, 11) is 0. The van der Waals surface area contributed by atoms with Crippen LogP contribution >= 0.6 is 0 Å². The Morgan fingerprint density at radius 2 is 1.66 bits per heavy atom. The number of hydrogen-bond donors (Lipinski definition) is 1. The zero-order chi connectivity index (χ0) is 26.8. The van der Waals surface area contributed by atoms with Gasteiger partial charge in [0.2, 0.25) is 5.84 Å². The highest BCUT2D eigenvalue weighted by Gasteiger charge is 2.42. The van der Waals surface area contributed by atoms with Gasteiger partial charge in [0, 0.05) is 17.7 Å². The van der Waals surface area contributed by atoms with Crippen molar-refractivity contribution in [2.45, 2.75) is 39.2 Å². The zero-order valence-corrected chi connectivity index (χ0v) is 21.5. The van der Waals surface area contributed by atoms with E-state index in [9.17, 15) is 14.9 Å². The standard InChI is InChI=1S/C29H26N6O3/c1-17-24-25(18-9-11-19(12-10-18)29(2,3)4)33-23-8-6-5-7-22(23)30-28(36)27(33)31-26(24)34(32-17)20-13-15-21(16-14-20)35(37)38/h5-16,25H,1-4H3,(H,30,36)/t25-/m0/s1. The summed E-state index contributed by atoms with van der Waals surface area (Å²) in [5.74, 6) is 0.492. The maximum Gasteiger partial charge on any atom is 0.291 e. The highest BCUT2D eigenvalue weighted by atomic mass is 16.6. The Bertz CT molecular complexity index is 1630. The van der Waals surface area contributed by atoms with Crippen LogP contribution < -0.4 is 10.2 Å². The van der Waals surface area contributed by atoms with E-state index in [2.05, 4.69) is 50.4 Å². The molecule has 0 saturated heterocycles. The number of aryl methyl sites for hydroxylation is 1. The fourth-order valence-corrected chi connectivity index (χ4v) is 5.12. The summed E-state index contributed by atoms with van der Waals surface area (Å²) in [5, 5.41) is 18.9. The second kappa shape index (κ2) is 8.37. The lowest BCUT2D eigenvalue weighted by Gasteiger charge is -2.40. The van der Waals surface area contributed by atoms with Gasteiger partial charge in [0.05, 0.1) is 33.7 Å². The van der Waals surface area contributed by atoms with Crippen molar-refractivity contribution in [3.05, 3.63) is 105 Å². The SMILES string of the molecule is Cc1nn(-c2ccc([N+](=O)[O-])cc2)c2c1[C@H](c1ccc(C(C)(C)C)cc1)N1C(=N2)C(=O)Nc2ccccc21. The lowest BCUT2D eigenvalue weighted by atomic mass is 9.85. The van der Waals surface area contributed by atoms with Crippen molar-refractivity contribution in [3.8, 4) is 5.69 Å². The van der Waals surface area contributed by atoms with Gasteiger partial charge in [-0.3, -0.25) is 14.9 Å². The van der Waals surface area contributed by atoms with Gasteiger partial charge in [-0.1, -0.05) is 57.2 Å². The molecule has 190 valence electrons. The molecular weight excluding hydrogens is 480 g/mol. The fraction of sp³-hybridized carbons (Fsp3) is 0.207. The van der Waals surface area contributed by atoms with Gasteiger partial charge in [0.1, 0.15) is 0 Å². The minimum Gasteiger partial charge on any atom is -0.317 e. The number of aliphatic imine (C=N–C) groups is 1. The number of amides is 1. The molecule has 2 aliphatic heterocycles. The third kappa shape index (κ3) is 3.66. The zero-order valence-electron chi connectivity index (χ0n) is 21.5. The van der Waals surface area contributed by atoms with Gasteiger partial charge in [-0.25, -0.2) is 9.67 Å². The molecule has 9 nitrogen and oxygen atoms in total. The van der Waals surface area contributed by atoms with Crippen LogP contribution in [0.5, 0.6) is 0 Å². The summed E-state index contributed by atoms with van der Waals surface area (Å²) < 4.78 is 1.66. The molecule has 1 aromatic heterocycles. The Labute approximate surface area is 219 Å². The first-order valence-electron chi connectivity index (χ1n) is 12.4. The molecule has 9 heteroatoms. The van der Waals surface area contributed by atoms with E-state index in [0.717, 1.165) is 28.2 Å². The molecule has 0 saturated carbocycles. The topological polar surface area (TPSA) is 106 Å². The Hall–Kier alpha value is -4.79. The first-order valence-corrected chi connectivity index (χ1v) is 12.4. The molecule has 0 aliphatic carbocycles. The molecule has 0 radical (unpaired) electrons.